The molecule has 3 unspecified atom stereocenters. The highest BCUT2D eigenvalue weighted by molar-refractivity contribution is 5.83. The molecule has 1 amide bonds. The Morgan fingerprint density at radius 3 is 2.71 bits per heavy atom. The zero-order valence-electron chi connectivity index (χ0n) is 11.5. The number of nitrogens with one attached hydrogen (secondary N) is 1. The number of carbonyl (C=O) groups excluding carboxylic acids is 1. The molecule has 0 radical (unpaired) electrons. The predicted molar refractivity (Wildman–Crippen MR) is 69.7 cm³/mol. The van der Waals surface area contributed by atoms with Gasteiger partial charge in [0.2, 0.25) is 5.91 Å². The summed E-state index contributed by atoms with van der Waals surface area (Å²) in [4.78, 5) is 14.6. The van der Waals surface area contributed by atoms with E-state index < -0.39 is 0 Å². The van der Waals surface area contributed by atoms with Gasteiger partial charge in [0.05, 0.1) is 5.41 Å². The minimum absolute atomic E-state index is 0.0956. The van der Waals surface area contributed by atoms with Crippen LogP contribution in [0.3, 0.4) is 0 Å². The quantitative estimate of drug-likeness (QED) is 0.793. The van der Waals surface area contributed by atoms with E-state index in [-0.39, 0.29) is 5.41 Å². The van der Waals surface area contributed by atoms with Gasteiger partial charge in [0.1, 0.15) is 0 Å². The predicted octanol–water partition coefficient (Wildman–Crippen LogP) is 1.88. The third-order valence-electron chi connectivity index (χ3n) is 4.56. The van der Waals surface area contributed by atoms with Gasteiger partial charge in [-0.05, 0) is 37.6 Å². The van der Waals surface area contributed by atoms with Crippen LogP contribution in [0.2, 0.25) is 0 Å². The molecular formula is C14H26N2O. The molecule has 3 heteroatoms. The molecule has 1 saturated carbocycles. The first-order valence-electron chi connectivity index (χ1n) is 7.05. The Balaban J connectivity index is 1.95. The van der Waals surface area contributed by atoms with E-state index in [1.54, 1.807) is 0 Å². The van der Waals surface area contributed by atoms with Crippen molar-refractivity contribution >= 4 is 5.91 Å². The summed E-state index contributed by atoms with van der Waals surface area (Å²) in [6, 6.07) is 0. The van der Waals surface area contributed by atoms with Crippen LogP contribution >= 0.6 is 0 Å². The third kappa shape index (κ3) is 2.65. The molecule has 2 aliphatic rings. The summed E-state index contributed by atoms with van der Waals surface area (Å²) in [5.74, 6) is 1.97. The van der Waals surface area contributed by atoms with Gasteiger partial charge in [-0.2, -0.15) is 0 Å². The lowest BCUT2D eigenvalue weighted by Gasteiger charge is -2.31. The van der Waals surface area contributed by atoms with Crippen molar-refractivity contribution in [1.82, 2.24) is 10.2 Å². The van der Waals surface area contributed by atoms with E-state index in [0.29, 0.717) is 5.91 Å². The van der Waals surface area contributed by atoms with E-state index >= 15 is 0 Å². The van der Waals surface area contributed by atoms with Crippen LogP contribution in [0.25, 0.3) is 0 Å². The van der Waals surface area contributed by atoms with E-state index in [9.17, 15) is 4.79 Å². The average molecular weight is 238 g/mol. The minimum Gasteiger partial charge on any atom is -0.345 e. The van der Waals surface area contributed by atoms with Gasteiger partial charge >= 0.3 is 0 Å². The largest absolute Gasteiger partial charge is 0.345 e. The Kier molecular flexibility index (Phi) is 3.76. The summed E-state index contributed by atoms with van der Waals surface area (Å²) in [5.41, 5.74) is -0.0956. The molecule has 3 nitrogen and oxygen atoms in total. The molecule has 0 aromatic rings. The fourth-order valence-electron chi connectivity index (χ4n) is 3.22. The van der Waals surface area contributed by atoms with Crippen LogP contribution in [-0.2, 0) is 4.79 Å². The van der Waals surface area contributed by atoms with Gasteiger partial charge in [-0.25, -0.2) is 0 Å². The van der Waals surface area contributed by atoms with Gasteiger partial charge in [0, 0.05) is 20.1 Å². The van der Waals surface area contributed by atoms with Crippen molar-refractivity contribution in [3.63, 3.8) is 0 Å². The summed E-state index contributed by atoms with van der Waals surface area (Å²) in [7, 11) is 1.99. The number of hydrogen-bond acceptors (Lipinski definition) is 2. The first-order valence-corrected chi connectivity index (χ1v) is 7.05. The Morgan fingerprint density at radius 1 is 1.53 bits per heavy atom. The second-order valence-corrected chi connectivity index (χ2v) is 6.12. The second-order valence-electron chi connectivity index (χ2n) is 6.12. The molecule has 0 spiro atoms. The van der Waals surface area contributed by atoms with Gasteiger partial charge in [-0.3, -0.25) is 4.79 Å². The molecule has 2 fully saturated rings. The number of hydrogen-bond donors (Lipinski definition) is 1. The molecule has 17 heavy (non-hydrogen) atoms. The van der Waals surface area contributed by atoms with Crippen LogP contribution in [0.5, 0.6) is 0 Å². The van der Waals surface area contributed by atoms with Gasteiger partial charge in [0.15, 0.2) is 0 Å². The smallest absolute Gasteiger partial charge is 0.229 e. The molecule has 0 bridgehead atoms. The summed E-state index contributed by atoms with van der Waals surface area (Å²) >= 11 is 0. The molecule has 2 rings (SSSR count). The Bertz CT molecular complexity index is 284. The van der Waals surface area contributed by atoms with Crippen molar-refractivity contribution in [1.29, 1.82) is 0 Å². The Morgan fingerprint density at radius 2 is 2.24 bits per heavy atom. The maximum absolute atomic E-state index is 12.6. The molecule has 1 aliphatic carbocycles. The zero-order valence-corrected chi connectivity index (χ0v) is 11.5. The van der Waals surface area contributed by atoms with Crippen LogP contribution in [0.1, 0.15) is 39.5 Å². The van der Waals surface area contributed by atoms with Gasteiger partial charge in [0.25, 0.3) is 0 Å². The molecule has 98 valence electrons. The van der Waals surface area contributed by atoms with Gasteiger partial charge < -0.3 is 10.2 Å². The molecule has 3 atom stereocenters. The van der Waals surface area contributed by atoms with E-state index in [1.807, 2.05) is 11.9 Å². The Hall–Kier alpha value is -0.570. The highest BCUT2D eigenvalue weighted by Crippen LogP contribution is 2.39. The first kappa shape index (κ1) is 12.9. The Labute approximate surface area is 105 Å². The normalized spacial score (nSPS) is 35.9. The van der Waals surface area contributed by atoms with Crippen LogP contribution < -0.4 is 5.32 Å². The SMILES string of the molecule is CCCC1(C(=O)N(C)CC2CC2C)CCNC1. The number of rotatable bonds is 5. The molecule has 0 aromatic heterocycles. The lowest BCUT2D eigenvalue weighted by Crippen LogP contribution is -2.44. The van der Waals surface area contributed by atoms with Crippen molar-refractivity contribution in [3.8, 4) is 0 Å². The molecule has 1 N–H and O–H groups in total. The van der Waals surface area contributed by atoms with Crippen molar-refractivity contribution in [2.45, 2.75) is 39.5 Å². The molecule has 1 saturated heterocycles. The number of amides is 1. The van der Waals surface area contributed by atoms with Crippen LogP contribution in [0, 0.1) is 17.3 Å². The van der Waals surface area contributed by atoms with Crippen molar-refractivity contribution in [2.75, 3.05) is 26.7 Å². The lowest BCUT2D eigenvalue weighted by molar-refractivity contribution is -0.140. The van der Waals surface area contributed by atoms with Gasteiger partial charge in [-0.15, -0.1) is 0 Å². The standard InChI is InChI=1S/C14H26N2O/c1-4-5-14(6-7-15-10-14)13(17)16(3)9-12-8-11(12)2/h11-12,15H,4-10H2,1-3H3. The van der Waals surface area contributed by atoms with Crippen LogP contribution in [-0.4, -0.2) is 37.5 Å². The summed E-state index contributed by atoms with van der Waals surface area (Å²) < 4.78 is 0. The van der Waals surface area contributed by atoms with Gasteiger partial charge in [-0.1, -0.05) is 20.3 Å². The molecule has 1 heterocycles. The highest BCUT2D eigenvalue weighted by atomic mass is 16.2. The van der Waals surface area contributed by atoms with E-state index in [4.69, 9.17) is 0 Å². The number of nitrogens with zero attached hydrogens (tertiary/aromatic N) is 1. The fourth-order valence-corrected chi connectivity index (χ4v) is 3.22. The average Bonchev–Trinajstić information content (AvgIpc) is 2.81. The fraction of sp³-hybridized carbons (Fsp3) is 0.929. The monoisotopic (exact) mass is 238 g/mol. The van der Waals surface area contributed by atoms with Crippen molar-refractivity contribution < 1.29 is 4.79 Å². The van der Waals surface area contributed by atoms with Crippen LogP contribution in [0.4, 0.5) is 0 Å². The maximum Gasteiger partial charge on any atom is 0.229 e. The van der Waals surface area contributed by atoms with Crippen molar-refractivity contribution in [3.05, 3.63) is 0 Å². The van der Waals surface area contributed by atoms with E-state index in [0.717, 1.165) is 50.7 Å². The summed E-state index contributed by atoms with van der Waals surface area (Å²) in [6.07, 6.45) is 4.45. The van der Waals surface area contributed by atoms with E-state index in [1.165, 1.54) is 6.42 Å². The topological polar surface area (TPSA) is 32.3 Å². The molecular weight excluding hydrogens is 212 g/mol. The molecule has 0 aromatic carbocycles. The van der Waals surface area contributed by atoms with Crippen molar-refractivity contribution in [2.24, 2.45) is 17.3 Å². The highest BCUT2D eigenvalue weighted by Gasteiger charge is 2.43. The number of carbonyl (C=O) groups is 1. The lowest BCUT2D eigenvalue weighted by atomic mass is 9.81. The third-order valence-corrected chi connectivity index (χ3v) is 4.56. The summed E-state index contributed by atoms with van der Waals surface area (Å²) in [5, 5.41) is 3.36. The van der Waals surface area contributed by atoms with Crippen LogP contribution in [0.15, 0.2) is 0 Å². The summed E-state index contributed by atoms with van der Waals surface area (Å²) in [6.45, 7) is 7.30. The molecule has 1 aliphatic heterocycles. The maximum atomic E-state index is 12.6. The first-order chi connectivity index (χ1) is 8.09. The zero-order chi connectivity index (χ0) is 12.5. The minimum atomic E-state index is -0.0956. The van der Waals surface area contributed by atoms with E-state index in [2.05, 4.69) is 19.2 Å². The second kappa shape index (κ2) is 4.97.